The molecule has 0 fully saturated rings. The van der Waals surface area contributed by atoms with Crippen molar-refractivity contribution in [2.75, 3.05) is 0 Å². The van der Waals surface area contributed by atoms with Gasteiger partial charge in [0, 0.05) is 19.3 Å². The molecular weight excluding hydrogens is 534 g/mol. The maximum Gasteiger partial charge on any atom is 0.326 e. The number of carbonyl (C=O) groups excluding carboxylic acids is 4. The summed E-state index contributed by atoms with van der Waals surface area (Å²) >= 11 is 0. The van der Waals surface area contributed by atoms with Gasteiger partial charge < -0.3 is 37.6 Å². The fourth-order valence-electron chi connectivity index (χ4n) is 3.92. The standard InChI is InChI=1S/C28H35N5O8/c29-19(15-17-7-3-1-4-8-17)25(37)33-22(16-18-9-5-2-6-10-18)27(39)31-20(12-14-24(35)36)26(38)32-21(28(40)41)11-13-23(30)34/h1-10,19-22H,11-16,29H2,(H2,30,34)(H,31,39)(H,32,38)(H,33,37)(H,35,36)(H,40,41). The van der Waals surface area contributed by atoms with E-state index in [1.165, 1.54) is 0 Å². The quantitative estimate of drug-likeness (QED) is 0.130. The van der Waals surface area contributed by atoms with Crippen molar-refractivity contribution in [3.63, 3.8) is 0 Å². The fourth-order valence-corrected chi connectivity index (χ4v) is 3.92. The lowest BCUT2D eigenvalue weighted by Crippen LogP contribution is -2.57. The van der Waals surface area contributed by atoms with Gasteiger partial charge in [0.05, 0.1) is 6.04 Å². The molecule has 0 aromatic heterocycles. The largest absolute Gasteiger partial charge is 0.481 e. The molecule has 0 aliphatic carbocycles. The molecule has 0 spiro atoms. The van der Waals surface area contributed by atoms with Crippen molar-refractivity contribution in [1.29, 1.82) is 0 Å². The monoisotopic (exact) mass is 569 g/mol. The van der Waals surface area contributed by atoms with E-state index in [9.17, 15) is 33.9 Å². The summed E-state index contributed by atoms with van der Waals surface area (Å²) in [6.45, 7) is 0. The molecule has 0 aliphatic rings. The van der Waals surface area contributed by atoms with E-state index in [-0.39, 0.29) is 32.1 Å². The van der Waals surface area contributed by atoms with Gasteiger partial charge in [0.15, 0.2) is 0 Å². The number of aliphatic carboxylic acids is 2. The zero-order valence-electron chi connectivity index (χ0n) is 22.3. The van der Waals surface area contributed by atoms with Crippen molar-refractivity contribution < 1.29 is 39.0 Å². The first-order valence-electron chi connectivity index (χ1n) is 12.9. The van der Waals surface area contributed by atoms with Gasteiger partial charge in [0.1, 0.15) is 18.1 Å². The number of nitrogens with two attached hydrogens (primary N) is 2. The smallest absolute Gasteiger partial charge is 0.326 e. The van der Waals surface area contributed by atoms with Crippen LogP contribution in [0.5, 0.6) is 0 Å². The molecule has 9 N–H and O–H groups in total. The van der Waals surface area contributed by atoms with Gasteiger partial charge in [-0.15, -0.1) is 0 Å². The molecule has 0 saturated heterocycles. The van der Waals surface area contributed by atoms with Crippen LogP contribution in [-0.4, -0.2) is 69.9 Å². The first-order valence-corrected chi connectivity index (χ1v) is 12.9. The molecule has 4 amide bonds. The number of carboxylic acid groups (broad SMARTS) is 2. The van der Waals surface area contributed by atoms with Crippen molar-refractivity contribution >= 4 is 35.6 Å². The van der Waals surface area contributed by atoms with Crippen molar-refractivity contribution in [3.05, 3.63) is 71.8 Å². The van der Waals surface area contributed by atoms with Gasteiger partial charge in [-0.25, -0.2) is 4.79 Å². The number of benzene rings is 2. The van der Waals surface area contributed by atoms with Gasteiger partial charge in [0.25, 0.3) is 0 Å². The Morgan fingerprint density at radius 1 is 0.634 bits per heavy atom. The third kappa shape index (κ3) is 11.9. The van der Waals surface area contributed by atoms with Crippen molar-refractivity contribution in [3.8, 4) is 0 Å². The van der Waals surface area contributed by atoms with Crippen molar-refractivity contribution in [1.82, 2.24) is 16.0 Å². The summed E-state index contributed by atoms with van der Waals surface area (Å²) in [4.78, 5) is 73.2. The van der Waals surface area contributed by atoms with E-state index in [4.69, 9.17) is 16.6 Å². The van der Waals surface area contributed by atoms with Crippen LogP contribution in [-0.2, 0) is 41.6 Å². The molecule has 4 unspecified atom stereocenters. The second-order valence-electron chi connectivity index (χ2n) is 9.45. The molecule has 2 aromatic carbocycles. The highest BCUT2D eigenvalue weighted by molar-refractivity contribution is 5.94. The molecule has 4 atom stereocenters. The van der Waals surface area contributed by atoms with Gasteiger partial charge in [0.2, 0.25) is 23.6 Å². The van der Waals surface area contributed by atoms with Gasteiger partial charge in [-0.3, -0.25) is 24.0 Å². The predicted molar refractivity (Wildman–Crippen MR) is 147 cm³/mol. The number of carboxylic acids is 2. The normalized spacial score (nSPS) is 13.6. The number of nitrogens with one attached hydrogen (secondary N) is 3. The average molecular weight is 570 g/mol. The minimum atomic E-state index is -1.50. The Morgan fingerprint density at radius 2 is 1.10 bits per heavy atom. The van der Waals surface area contributed by atoms with Crippen LogP contribution >= 0.6 is 0 Å². The first-order chi connectivity index (χ1) is 19.5. The maximum absolute atomic E-state index is 13.4. The molecule has 2 aromatic rings. The average Bonchev–Trinajstić information content (AvgIpc) is 2.93. The SMILES string of the molecule is NC(=O)CCC(NC(=O)C(CCC(=O)O)NC(=O)C(Cc1ccccc1)NC(=O)C(N)Cc1ccccc1)C(=O)O. The minimum Gasteiger partial charge on any atom is -0.481 e. The highest BCUT2D eigenvalue weighted by atomic mass is 16.4. The lowest BCUT2D eigenvalue weighted by Gasteiger charge is -2.25. The Bertz CT molecular complexity index is 1210. The van der Waals surface area contributed by atoms with E-state index >= 15 is 0 Å². The minimum absolute atomic E-state index is 0.0279. The van der Waals surface area contributed by atoms with Crippen LogP contribution in [0.1, 0.15) is 36.8 Å². The molecule has 0 aliphatic heterocycles. The van der Waals surface area contributed by atoms with E-state index in [2.05, 4.69) is 16.0 Å². The Balaban J connectivity index is 2.22. The summed E-state index contributed by atoms with van der Waals surface area (Å²) in [5.41, 5.74) is 12.7. The van der Waals surface area contributed by atoms with Crippen LogP contribution in [0.15, 0.2) is 60.7 Å². The Morgan fingerprint density at radius 3 is 1.61 bits per heavy atom. The Hall–Kier alpha value is -4.78. The summed E-state index contributed by atoms with van der Waals surface area (Å²) in [7, 11) is 0. The molecule has 0 saturated carbocycles. The summed E-state index contributed by atoms with van der Waals surface area (Å²) < 4.78 is 0. The summed E-state index contributed by atoms with van der Waals surface area (Å²) in [5.74, 6) is -5.85. The molecule has 41 heavy (non-hydrogen) atoms. The van der Waals surface area contributed by atoms with Gasteiger partial charge >= 0.3 is 11.9 Å². The topological polar surface area (TPSA) is 231 Å². The molecular formula is C28H35N5O8. The zero-order valence-corrected chi connectivity index (χ0v) is 22.3. The van der Waals surface area contributed by atoms with Crippen LogP contribution in [0.25, 0.3) is 0 Å². The summed E-state index contributed by atoms with van der Waals surface area (Å²) in [6.07, 6.45) is -1.28. The molecule has 13 nitrogen and oxygen atoms in total. The summed E-state index contributed by atoms with van der Waals surface area (Å²) in [5, 5.41) is 25.8. The summed E-state index contributed by atoms with van der Waals surface area (Å²) in [6, 6.07) is 12.6. The van der Waals surface area contributed by atoms with E-state index < -0.39 is 66.2 Å². The fraction of sp³-hybridized carbons (Fsp3) is 0.357. The highest BCUT2D eigenvalue weighted by Crippen LogP contribution is 2.08. The van der Waals surface area contributed by atoms with Crippen molar-refractivity contribution in [2.24, 2.45) is 11.5 Å². The first kappa shape index (κ1) is 32.4. The van der Waals surface area contributed by atoms with Crippen LogP contribution in [0.3, 0.4) is 0 Å². The predicted octanol–water partition coefficient (Wildman–Crippen LogP) is -0.532. The third-order valence-electron chi connectivity index (χ3n) is 6.12. The Kier molecular flexibility index (Phi) is 12.9. The lowest BCUT2D eigenvalue weighted by molar-refractivity contribution is -0.143. The zero-order chi connectivity index (χ0) is 30.4. The number of carbonyl (C=O) groups is 6. The third-order valence-corrected chi connectivity index (χ3v) is 6.12. The number of amides is 4. The molecule has 0 bridgehead atoms. The number of hydrogen-bond acceptors (Lipinski definition) is 7. The van der Waals surface area contributed by atoms with Gasteiger partial charge in [-0.1, -0.05) is 60.7 Å². The second kappa shape index (κ2) is 16.4. The second-order valence-corrected chi connectivity index (χ2v) is 9.45. The van der Waals surface area contributed by atoms with Crippen LogP contribution < -0.4 is 27.4 Å². The van der Waals surface area contributed by atoms with Crippen LogP contribution in [0.2, 0.25) is 0 Å². The van der Waals surface area contributed by atoms with E-state index in [1.807, 2.05) is 6.07 Å². The molecule has 2 rings (SSSR count). The molecule has 0 heterocycles. The number of primary amides is 1. The molecule has 0 radical (unpaired) electrons. The van der Waals surface area contributed by atoms with E-state index in [0.29, 0.717) is 5.56 Å². The van der Waals surface area contributed by atoms with Crippen molar-refractivity contribution in [2.45, 2.75) is 62.7 Å². The number of rotatable bonds is 17. The Labute approximate surface area is 236 Å². The highest BCUT2D eigenvalue weighted by Gasteiger charge is 2.31. The van der Waals surface area contributed by atoms with Gasteiger partial charge in [-0.2, -0.15) is 0 Å². The maximum atomic E-state index is 13.4. The molecule has 220 valence electrons. The lowest BCUT2D eigenvalue weighted by atomic mass is 10.0. The van der Waals surface area contributed by atoms with E-state index in [1.54, 1.807) is 54.6 Å². The van der Waals surface area contributed by atoms with Gasteiger partial charge in [-0.05, 0) is 30.4 Å². The van der Waals surface area contributed by atoms with Crippen LogP contribution in [0.4, 0.5) is 0 Å². The number of hydrogen-bond donors (Lipinski definition) is 7. The molecule has 13 heteroatoms. The van der Waals surface area contributed by atoms with Crippen LogP contribution in [0, 0.1) is 0 Å². The van der Waals surface area contributed by atoms with E-state index in [0.717, 1.165) is 5.56 Å².